The fourth-order valence-corrected chi connectivity index (χ4v) is 2.40. The fourth-order valence-electron chi connectivity index (χ4n) is 1.70. The topological polar surface area (TPSA) is 17.1 Å². The van der Waals surface area contributed by atoms with Crippen molar-refractivity contribution in [2.75, 3.05) is 0 Å². The van der Waals surface area contributed by atoms with E-state index in [-0.39, 0.29) is 5.78 Å². The van der Waals surface area contributed by atoms with Gasteiger partial charge in [0.15, 0.2) is 5.78 Å². The van der Waals surface area contributed by atoms with Gasteiger partial charge in [-0.25, -0.2) is 0 Å². The number of carbonyl (C=O) groups excluding carboxylic acids is 1. The van der Waals surface area contributed by atoms with Gasteiger partial charge in [-0.3, -0.25) is 4.79 Å². The van der Waals surface area contributed by atoms with Crippen molar-refractivity contribution in [2.45, 2.75) is 13.3 Å². The maximum absolute atomic E-state index is 12.2. The van der Waals surface area contributed by atoms with Crippen LogP contribution in [0.25, 0.3) is 0 Å². The monoisotopic (exact) mass is 356 g/mol. The van der Waals surface area contributed by atoms with Gasteiger partial charge in [-0.1, -0.05) is 57.3 Å². The van der Waals surface area contributed by atoms with Gasteiger partial charge in [-0.15, -0.1) is 0 Å². The molecule has 0 saturated carbocycles. The summed E-state index contributed by atoms with van der Waals surface area (Å²) in [6, 6.07) is 10.8. The van der Waals surface area contributed by atoms with Crippen molar-refractivity contribution in [1.29, 1.82) is 0 Å². The second kappa shape index (κ2) is 6.08. The lowest BCUT2D eigenvalue weighted by Gasteiger charge is -2.05. The van der Waals surface area contributed by atoms with Crippen LogP contribution in [0, 0.1) is 6.92 Å². The zero-order valence-corrected chi connectivity index (χ0v) is 13.3. The first-order chi connectivity index (χ1) is 8.97. The lowest BCUT2D eigenvalue weighted by atomic mass is 10.0. The SMILES string of the molecule is Cc1ccc(C(=O)Cc2ccc(Cl)c(Cl)c2)cc1Br. The second-order valence-electron chi connectivity index (χ2n) is 4.31. The van der Waals surface area contributed by atoms with Gasteiger partial charge in [0.2, 0.25) is 0 Å². The van der Waals surface area contributed by atoms with Crippen molar-refractivity contribution in [3.8, 4) is 0 Å². The minimum absolute atomic E-state index is 0.0547. The van der Waals surface area contributed by atoms with Crippen LogP contribution < -0.4 is 0 Å². The molecule has 98 valence electrons. The molecule has 0 aromatic heterocycles. The van der Waals surface area contributed by atoms with Crippen LogP contribution in [-0.2, 0) is 6.42 Å². The third kappa shape index (κ3) is 3.59. The molecular weight excluding hydrogens is 347 g/mol. The fraction of sp³-hybridized carbons (Fsp3) is 0.133. The van der Waals surface area contributed by atoms with Crippen LogP contribution in [0.3, 0.4) is 0 Å². The van der Waals surface area contributed by atoms with Gasteiger partial charge < -0.3 is 0 Å². The number of Topliss-reactive ketones (excluding diaryl/α,β-unsaturated/α-hetero) is 1. The minimum atomic E-state index is 0.0547. The summed E-state index contributed by atoms with van der Waals surface area (Å²) in [5.41, 5.74) is 2.64. The standard InChI is InChI=1S/C15H11BrCl2O/c1-9-2-4-11(8-12(9)16)15(19)7-10-3-5-13(17)14(18)6-10/h2-6,8H,7H2,1H3. The molecule has 0 unspecified atom stereocenters. The van der Waals surface area contributed by atoms with Crippen LogP contribution >= 0.6 is 39.1 Å². The second-order valence-corrected chi connectivity index (χ2v) is 5.98. The maximum Gasteiger partial charge on any atom is 0.167 e. The Labute approximate surface area is 130 Å². The van der Waals surface area contributed by atoms with Crippen LogP contribution in [0.15, 0.2) is 40.9 Å². The van der Waals surface area contributed by atoms with Gasteiger partial charge in [0.1, 0.15) is 0 Å². The molecule has 1 nitrogen and oxygen atoms in total. The Morgan fingerprint density at radius 3 is 2.47 bits per heavy atom. The average molecular weight is 358 g/mol. The van der Waals surface area contributed by atoms with Gasteiger partial charge in [0.05, 0.1) is 10.0 Å². The first-order valence-corrected chi connectivity index (χ1v) is 7.25. The quantitative estimate of drug-likeness (QED) is 0.664. The van der Waals surface area contributed by atoms with Gasteiger partial charge >= 0.3 is 0 Å². The molecule has 0 atom stereocenters. The summed E-state index contributed by atoms with van der Waals surface area (Å²) in [6.45, 7) is 1.98. The van der Waals surface area contributed by atoms with E-state index < -0.39 is 0 Å². The molecule has 0 fully saturated rings. The molecule has 0 N–H and O–H groups in total. The Hall–Kier alpha value is -0.830. The Morgan fingerprint density at radius 2 is 1.84 bits per heavy atom. The number of benzene rings is 2. The molecule has 0 saturated heterocycles. The molecule has 2 aromatic rings. The van der Waals surface area contributed by atoms with Gasteiger partial charge in [-0.2, -0.15) is 0 Å². The maximum atomic E-state index is 12.2. The van der Waals surface area contributed by atoms with Crippen molar-refractivity contribution in [3.63, 3.8) is 0 Å². The number of hydrogen-bond donors (Lipinski definition) is 0. The summed E-state index contributed by atoms with van der Waals surface area (Å²) in [7, 11) is 0. The molecule has 0 aliphatic heterocycles. The van der Waals surface area contributed by atoms with E-state index in [0.717, 1.165) is 15.6 Å². The summed E-state index contributed by atoms with van der Waals surface area (Å²) < 4.78 is 0.937. The van der Waals surface area contributed by atoms with Crippen LogP contribution in [0.4, 0.5) is 0 Å². The predicted molar refractivity (Wildman–Crippen MR) is 83.4 cm³/mol. The first kappa shape index (κ1) is 14.6. The highest BCUT2D eigenvalue weighted by atomic mass is 79.9. The summed E-state index contributed by atoms with van der Waals surface area (Å²) >= 11 is 15.2. The molecule has 0 amide bonds. The van der Waals surface area contributed by atoms with Crippen LogP contribution in [0.5, 0.6) is 0 Å². The highest BCUT2D eigenvalue weighted by Gasteiger charge is 2.09. The predicted octanol–water partition coefficient (Wildman–Crippen LogP) is 5.49. The molecule has 0 radical (unpaired) electrons. The molecule has 0 aliphatic carbocycles. The Kier molecular flexibility index (Phi) is 4.67. The van der Waals surface area contributed by atoms with E-state index in [1.54, 1.807) is 12.1 Å². The third-order valence-corrected chi connectivity index (χ3v) is 4.44. The van der Waals surface area contributed by atoms with E-state index in [2.05, 4.69) is 15.9 Å². The summed E-state index contributed by atoms with van der Waals surface area (Å²) in [4.78, 5) is 12.2. The van der Waals surface area contributed by atoms with Gasteiger partial charge in [0.25, 0.3) is 0 Å². The van der Waals surface area contributed by atoms with E-state index in [9.17, 15) is 4.79 Å². The molecule has 2 aromatic carbocycles. The number of rotatable bonds is 3. The molecule has 0 bridgehead atoms. The summed E-state index contributed by atoms with van der Waals surface area (Å²) in [5.74, 6) is 0.0547. The summed E-state index contributed by atoms with van der Waals surface area (Å²) in [6.07, 6.45) is 0.312. The van der Waals surface area contributed by atoms with Crippen LogP contribution in [-0.4, -0.2) is 5.78 Å². The number of ketones is 1. The molecule has 0 heterocycles. The lowest BCUT2D eigenvalue weighted by Crippen LogP contribution is -2.03. The van der Waals surface area contributed by atoms with Crippen molar-refractivity contribution < 1.29 is 4.79 Å². The van der Waals surface area contributed by atoms with E-state index in [4.69, 9.17) is 23.2 Å². The van der Waals surface area contributed by atoms with Crippen molar-refractivity contribution in [3.05, 3.63) is 67.6 Å². The molecule has 19 heavy (non-hydrogen) atoms. The number of carbonyl (C=O) groups is 1. The smallest absolute Gasteiger partial charge is 0.167 e. The Bertz CT molecular complexity index is 638. The molecule has 2 rings (SSSR count). The normalized spacial score (nSPS) is 10.5. The van der Waals surface area contributed by atoms with Crippen LogP contribution in [0.2, 0.25) is 10.0 Å². The highest BCUT2D eigenvalue weighted by Crippen LogP contribution is 2.24. The van der Waals surface area contributed by atoms with E-state index in [1.807, 2.05) is 31.2 Å². The Morgan fingerprint density at radius 1 is 1.11 bits per heavy atom. The minimum Gasteiger partial charge on any atom is -0.294 e. The zero-order valence-electron chi connectivity index (χ0n) is 10.2. The van der Waals surface area contributed by atoms with Crippen molar-refractivity contribution in [2.24, 2.45) is 0 Å². The molecule has 0 spiro atoms. The van der Waals surface area contributed by atoms with E-state index in [1.165, 1.54) is 0 Å². The van der Waals surface area contributed by atoms with Gasteiger partial charge in [-0.05, 0) is 36.2 Å². The Balaban J connectivity index is 2.20. The third-order valence-electron chi connectivity index (χ3n) is 2.84. The van der Waals surface area contributed by atoms with Crippen LogP contribution in [0.1, 0.15) is 21.5 Å². The lowest BCUT2D eigenvalue weighted by molar-refractivity contribution is 0.0993. The molecule has 4 heteroatoms. The van der Waals surface area contributed by atoms with Gasteiger partial charge in [0, 0.05) is 16.5 Å². The molecular formula is C15H11BrCl2O. The first-order valence-electron chi connectivity index (χ1n) is 5.70. The van der Waals surface area contributed by atoms with Crippen molar-refractivity contribution >= 4 is 44.9 Å². The number of hydrogen-bond acceptors (Lipinski definition) is 1. The van der Waals surface area contributed by atoms with E-state index in [0.29, 0.717) is 22.0 Å². The molecule has 0 aliphatic rings. The average Bonchev–Trinajstić information content (AvgIpc) is 2.37. The largest absolute Gasteiger partial charge is 0.294 e. The summed E-state index contributed by atoms with van der Waals surface area (Å²) in [5, 5.41) is 0.966. The number of halogens is 3. The number of aryl methyl sites for hydroxylation is 1. The van der Waals surface area contributed by atoms with Crippen molar-refractivity contribution in [1.82, 2.24) is 0 Å². The zero-order chi connectivity index (χ0) is 14.0. The van der Waals surface area contributed by atoms with E-state index >= 15 is 0 Å². The highest BCUT2D eigenvalue weighted by molar-refractivity contribution is 9.10.